The molecule has 0 aliphatic rings. The van der Waals surface area contributed by atoms with Gasteiger partial charge < -0.3 is 20.3 Å². The van der Waals surface area contributed by atoms with Crippen LogP contribution in [0.25, 0.3) is 11.3 Å². The average Bonchev–Trinajstić information content (AvgIpc) is 2.72. The maximum atomic E-state index is 13.8. The highest BCUT2D eigenvalue weighted by molar-refractivity contribution is 6.30. The van der Waals surface area contributed by atoms with Gasteiger partial charge in [0.25, 0.3) is 5.56 Å². The van der Waals surface area contributed by atoms with E-state index in [1.807, 2.05) is 14.0 Å². The SMILES string of the molecule is CNCC(C)Nc1nccc(-c2ccn([C@H](CO)c3ccc(Cl)c(F)c3)c(=O)c2)n1. The lowest BCUT2D eigenvalue weighted by molar-refractivity contribution is 0.247. The highest BCUT2D eigenvalue weighted by Gasteiger charge is 2.16. The highest BCUT2D eigenvalue weighted by atomic mass is 35.5. The third-order valence-electron chi connectivity index (χ3n) is 4.62. The Morgan fingerprint density at radius 1 is 1.27 bits per heavy atom. The van der Waals surface area contributed by atoms with Crippen LogP contribution in [0.1, 0.15) is 18.5 Å². The first-order valence-corrected chi connectivity index (χ1v) is 9.83. The van der Waals surface area contributed by atoms with E-state index in [9.17, 15) is 14.3 Å². The highest BCUT2D eigenvalue weighted by Crippen LogP contribution is 2.23. The fourth-order valence-corrected chi connectivity index (χ4v) is 3.26. The number of nitrogens with one attached hydrogen (secondary N) is 2. The second-order valence-electron chi connectivity index (χ2n) is 6.90. The molecule has 3 rings (SSSR count). The monoisotopic (exact) mass is 431 g/mol. The Morgan fingerprint density at radius 2 is 2.07 bits per heavy atom. The van der Waals surface area contributed by atoms with Crippen LogP contribution in [0.3, 0.4) is 0 Å². The zero-order valence-electron chi connectivity index (χ0n) is 16.6. The van der Waals surface area contributed by atoms with Crippen molar-refractivity contribution in [1.29, 1.82) is 0 Å². The smallest absolute Gasteiger partial charge is 0.251 e. The number of nitrogens with zero attached hydrogens (tertiary/aromatic N) is 3. The molecule has 2 heterocycles. The van der Waals surface area contributed by atoms with Crippen molar-refractivity contribution < 1.29 is 9.50 Å². The summed E-state index contributed by atoms with van der Waals surface area (Å²) in [6.45, 7) is 2.38. The topological polar surface area (TPSA) is 92.1 Å². The molecule has 158 valence electrons. The van der Waals surface area contributed by atoms with Gasteiger partial charge >= 0.3 is 0 Å². The van der Waals surface area contributed by atoms with E-state index in [1.165, 1.54) is 22.8 Å². The van der Waals surface area contributed by atoms with E-state index in [1.54, 1.807) is 30.6 Å². The molecular formula is C21H23ClFN5O2. The molecule has 7 nitrogen and oxygen atoms in total. The van der Waals surface area contributed by atoms with E-state index >= 15 is 0 Å². The number of aromatic nitrogens is 3. The molecule has 0 bridgehead atoms. The van der Waals surface area contributed by atoms with Crippen LogP contribution in [-0.2, 0) is 0 Å². The van der Waals surface area contributed by atoms with Gasteiger partial charge in [0.15, 0.2) is 0 Å². The Kier molecular flexibility index (Phi) is 7.15. The molecule has 2 aromatic heterocycles. The van der Waals surface area contributed by atoms with Crippen molar-refractivity contribution >= 4 is 17.5 Å². The molecule has 30 heavy (non-hydrogen) atoms. The van der Waals surface area contributed by atoms with E-state index in [2.05, 4.69) is 20.6 Å². The number of aliphatic hydroxyl groups is 1. The molecule has 3 aromatic rings. The average molecular weight is 432 g/mol. The van der Waals surface area contributed by atoms with Crippen LogP contribution in [-0.4, -0.2) is 45.9 Å². The van der Waals surface area contributed by atoms with Gasteiger partial charge in [-0.2, -0.15) is 0 Å². The molecule has 2 atom stereocenters. The second kappa shape index (κ2) is 9.80. The minimum absolute atomic E-state index is 0.0182. The summed E-state index contributed by atoms with van der Waals surface area (Å²) in [4.78, 5) is 21.4. The van der Waals surface area contributed by atoms with Crippen molar-refractivity contribution in [3.63, 3.8) is 0 Å². The molecule has 1 aromatic carbocycles. The number of hydrogen-bond acceptors (Lipinski definition) is 6. The molecule has 0 aliphatic heterocycles. The van der Waals surface area contributed by atoms with Crippen molar-refractivity contribution in [2.45, 2.75) is 19.0 Å². The molecule has 0 fully saturated rings. The quantitative estimate of drug-likeness (QED) is 0.508. The number of halogens is 2. The van der Waals surface area contributed by atoms with Crippen LogP contribution in [0, 0.1) is 5.82 Å². The minimum atomic E-state index is -0.733. The number of hydrogen-bond donors (Lipinski definition) is 3. The van der Waals surface area contributed by atoms with Crippen LogP contribution in [0.15, 0.2) is 53.6 Å². The Hall–Kier alpha value is -2.81. The van der Waals surface area contributed by atoms with Crippen LogP contribution >= 0.6 is 11.6 Å². The van der Waals surface area contributed by atoms with Gasteiger partial charge in [0, 0.05) is 36.6 Å². The van der Waals surface area contributed by atoms with Crippen LogP contribution in [0.4, 0.5) is 10.3 Å². The predicted octanol–water partition coefficient (Wildman–Crippen LogP) is 2.70. The molecule has 0 spiro atoms. The van der Waals surface area contributed by atoms with E-state index < -0.39 is 11.9 Å². The number of aliphatic hydroxyl groups excluding tert-OH is 1. The molecular weight excluding hydrogens is 409 g/mol. The Morgan fingerprint density at radius 3 is 2.73 bits per heavy atom. The second-order valence-corrected chi connectivity index (χ2v) is 7.31. The van der Waals surface area contributed by atoms with Crippen molar-refractivity contribution in [3.8, 4) is 11.3 Å². The van der Waals surface area contributed by atoms with Gasteiger partial charge in [-0.15, -0.1) is 0 Å². The molecule has 3 N–H and O–H groups in total. The van der Waals surface area contributed by atoms with Crippen LogP contribution < -0.4 is 16.2 Å². The summed E-state index contributed by atoms with van der Waals surface area (Å²) in [6, 6.07) is 8.47. The first-order valence-electron chi connectivity index (χ1n) is 9.45. The van der Waals surface area contributed by atoms with Gasteiger partial charge in [-0.05, 0) is 43.8 Å². The van der Waals surface area contributed by atoms with Gasteiger partial charge in [0.05, 0.1) is 23.4 Å². The summed E-state index contributed by atoms with van der Waals surface area (Å²) in [7, 11) is 1.86. The zero-order valence-corrected chi connectivity index (χ0v) is 17.4. The lowest BCUT2D eigenvalue weighted by Gasteiger charge is -2.19. The summed E-state index contributed by atoms with van der Waals surface area (Å²) >= 11 is 5.73. The van der Waals surface area contributed by atoms with Gasteiger partial charge in [-0.1, -0.05) is 17.7 Å². The molecule has 0 radical (unpaired) electrons. The number of likely N-dealkylation sites (N-methyl/N-ethyl adjacent to an activating group) is 1. The normalized spacial score (nSPS) is 13.1. The summed E-state index contributed by atoms with van der Waals surface area (Å²) in [5, 5.41) is 16.1. The molecule has 1 unspecified atom stereocenters. The summed E-state index contributed by atoms with van der Waals surface area (Å²) < 4.78 is 15.2. The third-order valence-corrected chi connectivity index (χ3v) is 4.93. The molecule has 9 heteroatoms. The number of rotatable bonds is 8. The molecule has 0 aliphatic carbocycles. The van der Waals surface area contributed by atoms with Crippen LogP contribution in [0.5, 0.6) is 0 Å². The van der Waals surface area contributed by atoms with Gasteiger partial charge in [-0.25, -0.2) is 14.4 Å². The zero-order chi connectivity index (χ0) is 21.7. The van der Waals surface area contributed by atoms with Crippen molar-refractivity contribution in [2.24, 2.45) is 0 Å². The largest absolute Gasteiger partial charge is 0.394 e. The Balaban J connectivity index is 1.89. The standard InChI is InChI=1S/C21H23ClFN5O2/c1-13(11-24-2)26-21-25-7-5-18(27-21)14-6-8-28(20(30)10-14)19(12-29)15-3-4-16(22)17(23)9-15/h3-10,13,19,24,29H,11-12H2,1-2H3,(H,25,26,27)/t13?,19-/m1/s1. The lowest BCUT2D eigenvalue weighted by Crippen LogP contribution is -2.28. The lowest BCUT2D eigenvalue weighted by atomic mass is 10.1. The van der Waals surface area contributed by atoms with E-state index in [4.69, 9.17) is 11.6 Å². The summed E-state index contributed by atoms with van der Waals surface area (Å²) in [6.07, 6.45) is 3.18. The molecule has 0 amide bonds. The van der Waals surface area contributed by atoms with Crippen molar-refractivity contribution in [3.05, 3.63) is 75.5 Å². The summed E-state index contributed by atoms with van der Waals surface area (Å²) in [5.41, 5.74) is 1.30. The third kappa shape index (κ3) is 5.02. The van der Waals surface area contributed by atoms with E-state index in [-0.39, 0.29) is 23.2 Å². The number of anilines is 1. The predicted molar refractivity (Wildman–Crippen MR) is 115 cm³/mol. The Labute approximate surface area is 178 Å². The maximum absolute atomic E-state index is 13.8. The number of benzene rings is 1. The van der Waals surface area contributed by atoms with Gasteiger partial charge in [0.2, 0.25) is 5.95 Å². The van der Waals surface area contributed by atoms with Gasteiger partial charge in [-0.3, -0.25) is 4.79 Å². The van der Waals surface area contributed by atoms with Gasteiger partial charge in [0.1, 0.15) is 5.82 Å². The minimum Gasteiger partial charge on any atom is -0.394 e. The van der Waals surface area contributed by atoms with Crippen LogP contribution in [0.2, 0.25) is 5.02 Å². The van der Waals surface area contributed by atoms with E-state index in [0.29, 0.717) is 22.8 Å². The van der Waals surface area contributed by atoms with Crippen molar-refractivity contribution in [2.75, 3.05) is 25.5 Å². The number of pyridine rings is 1. The maximum Gasteiger partial charge on any atom is 0.251 e. The van der Waals surface area contributed by atoms with Crippen molar-refractivity contribution in [1.82, 2.24) is 19.9 Å². The first-order chi connectivity index (χ1) is 14.4. The molecule has 0 saturated carbocycles. The first kappa shape index (κ1) is 21.9. The molecule has 0 saturated heterocycles. The Bertz CT molecular complexity index is 1080. The van der Waals surface area contributed by atoms with E-state index in [0.717, 1.165) is 6.54 Å². The summed E-state index contributed by atoms with van der Waals surface area (Å²) in [5.74, 6) is -0.143. The fourth-order valence-electron chi connectivity index (χ4n) is 3.15. The fraction of sp³-hybridized carbons (Fsp3) is 0.286.